The van der Waals surface area contributed by atoms with Crippen LogP contribution in [0.25, 0.3) is 22.2 Å². The molecule has 0 aliphatic rings. The van der Waals surface area contributed by atoms with Crippen LogP contribution in [-0.4, -0.2) is 57.0 Å². The zero-order chi connectivity index (χ0) is 23.6. The van der Waals surface area contributed by atoms with Gasteiger partial charge in [-0.05, 0) is 54.6 Å². The van der Waals surface area contributed by atoms with Crippen molar-refractivity contribution >= 4 is 38.7 Å². The number of halogens is 2. The molecule has 172 valence electrons. The van der Waals surface area contributed by atoms with Gasteiger partial charge in [0, 0.05) is 46.0 Å². The highest BCUT2D eigenvalue weighted by Gasteiger charge is 2.22. The molecule has 32 heavy (non-hydrogen) atoms. The predicted molar refractivity (Wildman–Crippen MR) is 128 cm³/mol. The van der Waals surface area contributed by atoms with Gasteiger partial charge in [-0.1, -0.05) is 12.1 Å². The molecule has 0 bridgehead atoms. The molecule has 0 aliphatic carbocycles. The Morgan fingerprint density at radius 3 is 2.56 bits per heavy atom. The Balaban J connectivity index is 2.27. The molecule has 0 aliphatic heterocycles. The van der Waals surface area contributed by atoms with Crippen molar-refractivity contribution < 1.29 is 12.8 Å². The Labute approximate surface area is 193 Å². The molecule has 1 aromatic carbocycles. The van der Waals surface area contributed by atoms with E-state index in [9.17, 15) is 12.8 Å². The van der Waals surface area contributed by atoms with Crippen molar-refractivity contribution in [1.82, 2.24) is 18.7 Å². The van der Waals surface area contributed by atoms with E-state index in [2.05, 4.69) is 4.84 Å². The number of fused-ring (bicyclic) bond motifs is 1. The van der Waals surface area contributed by atoms with E-state index < -0.39 is 10.0 Å². The number of nitrogens with one attached hydrogen (secondary N) is 1. The van der Waals surface area contributed by atoms with E-state index in [0.717, 1.165) is 22.6 Å². The smallest absolute Gasteiger partial charge is 0.242 e. The normalized spacial score (nSPS) is 12.7. The van der Waals surface area contributed by atoms with Crippen LogP contribution >= 0.6 is 11.8 Å². The van der Waals surface area contributed by atoms with Gasteiger partial charge in [0.25, 0.3) is 0 Å². The summed E-state index contributed by atoms with van der Waals surface area (Å²) < 4.78 is 42.9. The van der Waals surface area contributed by atoms with Crippen LogP contribution in [0.2, 0.25) is 0 Å². The van der Waals surface area contributed by atoms with Gasteiger partial charge in [0.15, 0.2) is 0 Å². The lowest BCUT2D eigenvalue weighted by Gasteiger charge is -2.13. The van der Waals surface area contributed by atoms with Crippen LogP contribution in [-0.2, 0) is 16.6 Å². The van der Waals surface area contributed by atoms with Crippen molar-refractivity contribution in [2.45, 2.75) is 18.4 Å². The zero-order valence-electron chi connectivity index (χ0n) is 18.7. The summed E-state index contributed by atoms with van der Waals surface area (Å²) in [6.45, 7) is 2.10. The molecule has 0 radical (unpaired) electrons. The molecule has 0 atom stereocenters. The first-order valence-electron chi connectivity index (χ1n) is 9.96. The van der Waals surface area contributed by atoms with E-state index in [1.807, 2.05) is 48.7 Å². The monoisotopic (exact) mass is 479 g/mol. The molecule has 0 saturated carbocycles. The van der Waals surface area contributed by atoms with Crippen molar-refractivity contribution in [2.24, 2.45) is 0 Å². The van der Waals surface area contributed by atoms with Crippen molar-refractivity contribution in [2.75, 3.05) is 39.6 Å². The van der Waals surface area contributed by atoms with E-state index in [1.165, 1.54) is 24.5 Å². The molecule has 1 N–H and O–H groups in total. The lowest BCUT2D eigenvalue weighted by molar-refractivity contribution is 0.521. The maximum Gasteiger partial charge on any atom is 0.242 e. The topological polar surface area (TPSA) is 70.5 Å². The van der Waals surface area contributed by atoms with Gasteiger partial charge < -0.3 is 9.47 Å². The average molecular weight is 480 g/mol. The highest BCUT2D eigenvalue weighted by atomic mass is 35.5. The summed E-state index contributed by atoms with van der Waals surface area (Å²) in [6, 6.07) is 10.5. The summed E-state index contributed by atoms with van der Waals surface area (Å²) in [5, 5.41) is 0. The Morgan fingerprint density at radius 2 is 1.94 bits per heavy atom. The third kappa shape index (κ3) is 4.66. The lowest BCUT2D eigenvalue weighted by Crippen LogP contribution is -2.22. The number of aromatic nitrogens is 2. The predicted octanol–water partition coefficient (Wildman–Crippen LogP) is 3.92. The van der Waals surface area contributed by atoms with E-state index in [4.69, 9.17) is 16.8 Å². The fraction of sp³-hybridized carbons (Fsp3) is 0.318. The minimum absolute atomic E-state index is 0.0135. The molecule has 2 heterocycles. The number of benzene rings is 1. The summed E-state index contributed by atoms with van der Waals surface area (Å²) in [7, 11) is 3.17. The molecular formula is C22H27ClFN5O2S. The number of rotatable bonds is 8. The molecule has 7 nitrogen and oxygen atoms in total. The zero-order valence-corrected chi connectivity index (χ0v) is 20.3. The van der Waals surface area contributed by atoms with Crippen LogP contribution in [0, 0.1) is 6.92 Å². The number of nitrogens with zero attached hydrogens (tertiary/aromatic N) is 4. The molecule has 0 spiro atoms. The Kier molecular flexibility index (Phi) is 7.24. The third-order valence-corrected chi connectivity index (χ3v) is 7.19. The minimum atomic E-state index is -3.61. The van der Waals surface area contributed by atoms with Crippen LogP contribution in [0.5, 0.6) is 0 Å². The Bertz CT molecular complexity index is 1270. The molecular weight excluding hydrogens is 453 g/mol. The highest BCUT2D eigenvalue weighted by molar-refractivity contribution is 7.89. The standard InChI is InChI=1S/C22H27ClFN5O2S/c1-15-21(16-7-6-8-18(13-16)32(30,31)28(4)5)22-19(9-10-20(26-22)27(2)3)29(15)14-17(24)11-12-25-23/h6-11,13,25H,12,14H2,1-5H3/b17-11-. The van der Waals surface area contributed by atoms with Crippen LogP contribution < -0.4 is 9.74 Å². The summed E-state index contributed by atoms with van der Waals surface area (Å²) >= 11 is 5.44. The summed E-state index contributed by atoms with van der Waals surface area (Å²) in [5.41, 5.74) is 3.68. The maximum atomic E-state index is 14.5. The molecule has 3 aromatic rings. The molecule has 0 amide bonds. The summed E-state index contributed by atoms with van der Waals surface area (Å²) in [4.78, 5) is 9.25. The first-order chi connectivity index (χ1) is 15.1. The third-order valence-electron chi connectivity index (χ3n) is 5.22. The van der Waals surface area contributed by atoms with Crippen molar-refractivity contribution in [3.8, 4) is 11.1 Å². The van der Waals surface area contributed by atoms with Crippen molar-refractivity contribution in [1.29, 1.82) is 0 Å². The van der Waals surface area contributed by atoms with Gasteiger partial charge in [0.05, 0.1) is 22.5 Å². The van der Waals surface area contributed by atoms with E-state index in [0.29, 0.717) is 11.1 Å². The fourth-order valence-corrected chi connectivity index (χ4v) is 4.54. The van der Waals surface area contributed by atoms with Gasteiger partial charge in [-0.2, -0.15) is 0 Å². The quantitative estimate of drug-likeness (QED) is 0.496. The van der Waals surface area contributed by atoms with Gasteiger partial charge in [-0.25, -0.2) is 26.9 Å². The van der Waals surface area contributed by atoms with Gasteiger partial charge in [0.1, 0.15) is 11.6 Å². The molecule has 10 heteroatoms. The summed E-state index contributed by atoms with van der Waals surface area (Å²) in [6.07, 6.45) is 1.38. The van der Waals surface area contributed by atoms with Crippen molar-refractivity contribution in [3.05, 3.63) is 54.0 Å². The highest BCUT2D eigenvalue weighted by Crippen LogP contribution is 2.36. The van der Waals surface area contributed by atoms with Crippen LogP contribution in [0.3, 0.4) is 0 Å². The number of anilines is 1. The number of allylic oxidation sites excluding steroid dienone is 1. The molecule has 0 fully saturated rings. The molecule has 2 aromatic heterocycles. The molecule has 0 unspecified atom stereocenters. The summed E-state index contributed by atoms with van der Waals surface area (Å²) in [5.74, 6) is 0.403. The van der Waals surface area contributed by atoms with Gasteiger partial charge >= 0.3 is 0 Å². The van der Waals surface area contributed by atoms with Crippen LogP contribution in [0.4, 0.5) is 10.2 Å². The number of hydrogen-bond acceptors (Lipinski definition) is 5. The maximum absolute atomic E-state index is 14.5. The second kappa shape index (κ2) is 9.58. The SMILES string of the molecule is Cc1c(-c2cccc(S(=O)(=O)N(C)C)c2)c2nc(N(C)C)ccc2n1C/C(F)=C/CNCl. The minimum Gasteiger partial charge on any atom is -0.363 e. The van der Waals surface area contributed by atoms with E-state index >= 15 is 0 Å². The second-order valence-electron chi connectivity index (χ2n) is 7.78. The van der Waals surface area contributed by atoms with Gasteiger partial charge in [-0.15, -0.1) is 0 Å². The first kappa shape index (κ1) is 24.2. The second-order valence-corrected chi connectivity index (χ2v) is 10.2. The number of pyridine rings is 1. The lowest BCUT2D eigenvalue weighted by atomic mass is 10.1. The Morgan fingerprint density at radius 1 is 1.22 bits per heavy atom. The van der Waals surface area contributed by atoms with Gasteiger partial charge in [0.2, 0.25) is 10.0 Å². The fourth-order valence-electron chi connectivity index (χ4n) is 3.52. The van der Waals surface area contributed by atoms with Crippen LogP contribution in [0.1, 0.15) is 5.69 Å². The van der Waals surface area contributed by atoms with Crippen LogP contribution in [0.15, 0.2) is 53.2 Å². The van der Waals surface area contributed by atoms with E-state index in [-0.39, 0.29) is 23.8 Å². The first-order valence-corrected chi connectivity index (χ1v) is 11.8. The van der Waals surface area contributed by atoms with Crippen molar-refractivity contribution in [3.63, 3.8) is 0 Å². The number of hydrogen-bond donors (Lipinski definition) is 1. The largest absolute Gasteiger partial charge is 0.363 e. The number of sulfonamides is 1. The van der Waals surface area contributed by atoms with E-state index in [1.54, 1.807) is 18.2 Å². The average Bonchev–Trinajstić information content (AvgIpc) is 3.02. The molecule has 3 rings (SSSR count). The van der Waals surface area contributed by atoms with Gasteiger partial charge in [-0.3, -0.25) is 0 Å². The Hall–Kier alpha value is -2.46. The molecule has 0 saturated heterocycles.